The number of methoxy groups -OCH3 is 2. The Morgan fingerprint density at radius 2 is 2.18 bits per heavy atom. The van der Waals surface area contributed by atoms with Gasteiger partial charge in [-0.2, -0.15) is 0 Å². The van der Waals surface area contributed by atoms with Crippen LogP contribution in [-0.4, -0.2) is 48.9 Å². The number of carbonyl (C=O) groups excluding carboxylic acids is 1. The van der Waals surface area contributed by atoms with Crippen LogP contribution in [0.4, 0.5) is 0 Å². The smallest absolute Gasteiger partial charge is 0.212 e. The zero-order valence-corrected chi connectivity index (χ0v) is 10.6. The van der Waals surface area contributed by atoms with Gasteiger partial charge in [0.2, 0.25) is 5.78 Å². The van der Waals surface area contributed by atoms with Crippen molar-refractivity contribution in [3.8, 4) is 0 Å². The molecule has 0 spiro atoms. The molecule has 1 saturated heterocycles. The number of Topliss-reactive ketones (excluding diaryl/α,β-unsaturated/α-hetero) is 1. The SMILES string of the molecule is CCCC1OC(C)(OC)C(OC)C(=NO)C1=O. The molecule has 0 saturated carbocycles. The van der Waals surface area contributed by atoms with E-state index in [0.29, 0.717) is 6.42 Å². The van der Waals surface area contributed by atoms with E-state index in [0.717, 1.165) is 6.42 Å². The highest BCUT2D eigenvalue weighted by Crippen LogP contribution is 2.30. The topological polar surface area (TPSA) is 77.3 Å². The molecular weight excluding hydrogens is 226 g/mol. The molecule has 0 amide bonds. The van der Waals surface area contributed by atoms with E-state index in [1.807, 2.05) is 6.92 Å². The molecule has 6 nitrogen and oxygen atoms in total. The van der Waals surface area contributed by atoms with Crippen LogP contribution in [0.3, 0.4) is 0 Å². The Bertz CT molecular complexity index is 317. The fourth-order valence-electron chi connectivity index (χ4n) is 1.98. The number of carbonyl (C=O) groups is 1. The Kier molecular flexibility index (Phi) is 4.62. The molecule has 17 heavy (non-hydrogen) atoms. The van der Waals surface area contributed by atoms with E-state index >= 15 is 0 Å². The predicted octanol–water partition coefficient (Wildman–Crippen LogP) is 0.962. The summed E-state index contributed by atoms with van der Waals surface area (Å²) in [5.41, 5.74) is -0.0541. The van der Waals surface area contributed by atoms with Crippen molar-refractivity contribution in [2.45, 2.75) is 44.7 Å². The van der Waals surface area contributed by atoms with Gasteiger partial charge in [-0.15, -0.1) is 0 Å². The summed E-state index contributed by atoms with van der Waals surface area (Å²) in [4.78, 5) is 12.0. The van der Waals surface area contributed by atoms with Gasteiger partial charge in [0.25, 0.3) is 0 Å². The summed E-state index contributed by atoms with van der Waals surface area (Å²) >= 11 is 0. The standard InChI is InChI=1S/C11H19NO5/c1-5-6-7-9(13)8(12-14)10(15-3)11(2,16-4)17-7/h7,10,14H,5-6H2,1-4H3. The molecule has 98 valence electrons. The fourth-order valence-corrected chi connectivity index (χ4v) is 1.98. The second-order valence-corrected chi connectivity index (χ2v) is 4.08. The third kappa shape index (κ3) is 2.48. The average molecular weight is 245 g/mol. The second-order valence-electron chi connectivity index (χ2n) is 4.08. The molecule has 0 aromatic carbocycles. The van der Waals surface area contributed by atoms with E-state index in [9.17, 15) is 4.79 Å². The lowest BCUT2D eigenvalue weighted by Gasteiger charge is -2.41. The summed E-state index contributed by atoms with van der Waals surface area (Å²) in [7, 11) is 2.86. The van der Waals surface area contributed by atoms with Crippen molar-refractivity contribution < 1.29 is 24.2 Å². The van der Waals surface area contributed by atoms with Crippen molar-refractivity contribution in [1.29, 1.82) is 0 Å². The molecule has 1 heterocycles. The maximum atomic E-state index is 12.0. The largest absolute Gasteiger partial charge is 0.410 e. The molecule has 0 radical (unpaired) electrons. The van der Waals surface area contributed by atoms with Crippen molar-refractivity contribution in [2.24, 2.45) is 5.16 Å². The Labute approximate surface area is 101 Å². The number of oxime groups is 1. The van der Waals surface area contributed by atoms with Crippen molar-refractivity contribution in [1.82, 2.24) is 0 Å². The molecule has 1 rings (SSSR count). The van der Waals surface area contributed by atoms with Crippen LogP contribution in [0.2, 0.25) is 0 Å². The first kappa shape index (κ1) is 14.1. The van der Waals surface area contributed by atoms with Gasteiger partial charge >= 0.3 is 0 Å². The molecular formula is C11H19NO5. The lowest BCUT2D eigenvalue weighted by atomic mass is 9.93. The van der Waals surface area contributed by atoms with Gasteiger partial charge in [0, 0.05) is 14.2 Å². The van der Waals surface area contributed by atoms with E-state index < -0.39 is 18.0 Å². The number of nitrogens with zero attached hydrogens (tertiary/aromatic N) is 1. The molecule has 0 aromatic heterocycles. The number of hydrogen-bond donors (Lipinski definition) is 1. The summed E-state index contributed by atoms with van der Waals surface area (Å²) < 4.78 is 16.0. The highest BCUT2D eigenvalue weighted by atomic mass is 16.7. The number of ether oxygens (including phenoxy) is 3. The minimum Gasteiger partial charge on any atom is -0.410 e. The van der Waals surface area contributed by atoms with Crippen LogP contribution in [0.15, 0.2) is 5.16 Å². The number of hydrogen-bond acceptors (Lipinski definition) is 6. The van der Waals surface area contributed by atoms with Gasteiger partial charge in [0.15, 0.2) is 17.6 Å². The summed E-state index contributed by atoms with van der Waals surface area (Å²) in [6, 6.07) is 0. The third-order valence-electron chi connectivity index (χ3n) is 2.95. The quantitative estimate of drug-likeness (QED) is 0.589. The Hall–Kier alpha value is -0.980. The Morgan fingerprint density at radius 3 is 2.59 bits per heavy atom. The van der Waals surface area contributed by atoms with Crippen LogP contribution in [0.25, 0.3) is 0 Å². The van der Waals surface area contributed by atoms with Gasteiger partial charge < -0.3 is 19.4 Å². The first-order chi connectivity index (χ1) is 8.03. The molecule has 1 aliphatic heterocycles. The van der Waals surface area contributed by atoms with E-state index in [1.165, 1.54) is 14.2 Å². The Morgan fingerprint density at radius 1 is 1.53 bits per heavy atom. The van der Waals surface area contributed by atoms with E-state index in [2.05, 4.69) is 5.16 Å². The minimum atomic E-state index is -1.12. The van der Waals surface area contributed by atoms with Gasteiger partial charge in [-0.3, -0.25) is 4.79 Å². The molecule has 0 aromatic rings. The van der Waals surface area contributed by atoms with Crippen molar-refractivity contribution in [3.63, 3.8) is 0 Å². The third-order valence-corrected chi connectivity index (χ3v) is 2.95. The van der Waals surface area contributed by atoms with E-state index in [1.54, 1.807) is 6.92 Å². The number of ketones is 1. The van der Waals surface area contributed by atoms with Gasteiger partial charge in [-0.25, -0.2) is 0 Å². The van der Waals surface area contributed by atoms with Gasteiger partial charge in [-0.05, 0) is 13.3 Å². The predicted molar refractivity (Wildman–Crippen MR) is 60.2 cm³/mol. The van der Waals surface area contributed by atoms with Crippen molar-refractivity contribution in [3.05, 3.63) is 0 Å². The zero-order valence-electron chi connectivity index (χ0n) is 10.6. The summed E-state index contributed by atoms with van der Waals surface area (Å²) in [5, 5.41) is 12.0. The molecule has 6 heteroatoms. The van der Waals surface area contributed by atoms with Crippen LogP contribution >= 0.6 is 0 Å². The van der Waals surface area contributed by atoms with Crippen LogP contribution in [0, 0.1) is 0 Å². The molecule has 1 N–H and O–H groups in total. The zero-order chi connectivity index (χ0) is 13.1. The molecule has 0 aliphatic carbocycles. The highest BCUT2D eigenvalue weighted by molar-refractivity contribution is 6.43. The van der Waals surface area contributed by atoms with Crippen molar-refractivity contribution in [2.75, 3.05) is 14.2 Å². The van der Waals surface area contributed by atoms with Crippen LogP contribution in [-0.2, 0) is 19.0 Å². The minimum absolute atomic E-state index is 0.0541. The first-order valence-corrected chi connectivity index (χ1v) is 5.56. The van der Waals surface area contributed by atoms with Gasteiger partial charge in [0.1, 0.15) is 6.10 Å². The second kappa shape index (κ2) is 5.57. The van der Waals surface area contributed by atoms with Crippen LogP contribution in [0.5, 0.6) is 0 Å². The Balaban J connectivity index is 3.07. The van der Waals surface area contributed by atoms with Crippen molar-refractivity contribution >= 4 is 11.5 Å². The normalized spacial score (nSPS) is 36.5. The van der Waals surface area contributed by atoms with Gasteiger partial charge in [-0.1, -0.05) is 18.5 Å². The lowest BCUT2D eigenvalue weighted by Crippen LogP contribution is -2.60. The van der Waals surface area contributed by atoms with Crippen LogP contribution < -0.4 is 0 Å². The highest BCUT2D eigenvalue weighted by Gasteiger charge is 2.51. The summed E-state index contributed by atoms with van der Waals surface area (Å²) in [6.45, 7) is 3.60. The maximum absolute atomic E-state index is 12.0. The van der Waals surface area contributed by atoms with Gasteiger partial charge in [0.05, 0.1) is 0 Å². The molecule has 1 fully saturated rings. The fraction of sp³-hybridized carbons (Fsp3) is 0.818. The molecule has 3 unspecified atom stereocenters. The average Bonchev–Trinajstić information content (AvgIpc) is 2.33. The first-order valence-electron chi connectivity index (χ1n) is 5.56. The van der Waals surface area contributed by atoms with E-state index in [4.69, 9.17) is 19.4 Å². The monoisotopic (exact) mass is 245 g/mol. The van der Waals surface area contributed by atoms with Crippen LogP contribution in [0.1, 0.15) is 26.7 Å². The lowest BCUT2D eigenvalue weighted by molar-refractivity contribution is -0.272. The number of rotatable bonds is 4. The molecule has 3 atom stereocenters. The molecule has 1 aliphatic rings. The summed E-state index contributed by atoms with van der Waals surface area (Å²) in [5.74, 6) is -1.47. The van der Waals surface area contributed by atoms with E-state index in [-0.39, 0.29) is 11.5 Å². The molecule has 0 bridgehead atoms. The summed E-state index contributed by atoms with van der Waals surface area (Å²) in [6.07, 6.45) is -0.153. The maximum Gasteiger partial charge on any atom is 0.212 e.